The summed E-state index contributed by atoms with van der Waals surface area (Å²) in [6.45, 7) is 4.31. The zero-order chi connectivity index (χ0) is 23.9. The molecule has 6 nitrogen and oxygen atoms in total. The Bertz CT molecular complexity index is 1240. The molecule has 0 saturated carbocycles. The molecule has 0 aliphatic heterocycles. The van der Waals surface area contributed by atoms with Crippen molar-refractivity contribution in [2.45, 2.75) is 26.4 Å². The van der Waals surface area contributed by atoms with Crippen LogP contribution in [0.3, 0.4) is 0 Å². The molecular formula is C28H30N2O4. The molecule has 0 atom stereocenters. The monoisotopic (exact) mass is 458 g/mol. The van der Waals surface area contributed by atoms with Crippen molar-refractivity contribution in [1.82, 2.24) is 9.88 Å². The Kier molecular flexibility index (Phi) is 7.50. The van der Waals surface area contributed by atoms with Gasteiger partial charge < -0.3 is 24.5 Å². The molecule has 2 N–H and O–H groups in total. The number of carboxylic acids is 1. The van der Waals surface area contributed by atoms with E-state index in [1.54, 1.807) is 7.11 Å². The van der Waals surface area contributed by atoms with Crippen LogP contribution >= 0.6 is 0 Å². The highest BCUT2D eigenvalue weighted by molar-refractivity contribution is 5.98. The van der Waals surface area contributed by atoms with Gasteiger partial charge in [-0.05, 0) is 61.3 Å². The van der Waals surface area contributed by atoms with Crippen molar-refractivity contribution < 1.29 is 19.4 Å². The second kappa shape index (κ2) is 10.9. The molecule has 1 aromatic heterocycles. The second-order valence-electron chi connectivity index (χ2n) is 8.09. The number of methoxy groups -OCH3 is 1. The summed E-state index contributed by atoms with van der Waals surface area (Å²) in [5.41, 5.74) is 4.27. The van der Waals surface area contributed by atoms with Crippen LogP contribution in [0.25, 0.3) is 10.9 Å². The van der Waals surface area contributed by atoms with E-state index in [-0.39, 0.29) is 0 Å². The quantitative estimate of drug-likeness (QED) is 0.305. The molecule has 0 fully saturated rings. The van der Waals surface area contributed by atoms with Crippen molar-refractivity contribution in [3.05, 3.63) is 95.2 Å². The molecule has 0 radical (unpaired) electrons. The lowest BCUT2D eigenvalue weighted by atomic mass is 10.1. The average Bonchev–Trinajstić information content (AvgIpc) is 3.17. The summed E-state index contributed by atoms with van der Waals surface area (Å²) in [4.78, 5) is 12.4. The van der Waals surface area contributed by atoms with Crippen molar-refractivity contribution in [3.8, 4) is 11.5 Å². The van der Waals surface area contributed by atoms with Crippen LogP contribution in [0.5, 0.6) is 11.5 Å². The topological polar surface area (TPSA) is 72.7 Å². The molecule has 34 heavy (non-hydrogen) atoms. The molecule has 0 amide bonds. The van der Waals surface area contributed by atoms with Gasteiger partial charge in [0.15, 0.2) is 0 Å². The molecule has 1 heterocycles. The first-order valence-corrected chi connectivity index (χ1v) is 11.5. The third kappa shape index (κ3) is 5.24. The van der Waals surface area contributed by atoms with Crippen molar-refractivity contribution in [1.29, 1.82) is 0 Å². The van der Waals surface area contributed by atoms with E-state index >= 15 is 0 Å². The number of hydrogen-bond donors (Lipinski definition) is 2. The van der Waals surface area contributed by atoms with Crippen LogP contribution in [0.1, 0.15) is 34.1 Å². The van der Waals surface area contributed by atoms with Crippen LogP contribution in [0.15, 0.2) is 72.8 Å². The average molecular weight is 459 g/mol. The summed E-state index contributed by atoms with van der Waals surface area (Å²) in [5, 5.41) is 14.5. The van der Waals surface area contributed by atoms with E-state index in [4.69, 9.17) is 9.47 Å². The lowest BCUT2D eigenvalue weighted by Gasteiger charge is -2.11. The predicted octanol–water partition coefficient (Wildman–Crippen LogP) is 5.13. The van der Waals surface area contributed by atoms with E-state index in [1.165, 1.54) is 5.56 Å². The first kappa shape index (κ1) is 23.4. The lowest BCUT2D eigenvalue weighted by Crippen LogP contribution is -2.19. The number of hydrogen-bond acceptors (Lipinski definition) is 4. The highest BCUT2D eigenvalue weighted by atomic mass is 16.5. The van der Waals surface area contributed by atoms with E-state index < -0.39 is 5.97 Å². The van der Waals surface area contributed by atoms with Crippen LogP contribution in [-0.4, -0.2) is 35.9 Å². The summed E-state index contributed by atoms with van der Waals surface area (Å²) < 4.78 is 12.6. The molecule has 3 aromatic carbocycles. The SMILES string of the molecule is CCOc1ccc(CCNCc2c(C(=O)O)n(Cc3ccc(OC)cc3)c3ccccc23)cc1. The number of aromatic carboxylic acids is 1. The molecule has 4 aromatic rings. The Morgan fingerprint density at radius 1 is 0.941 bits per heavy atom. The fraction of sp³-hybridized carbons (Fsp3) is 0.250. The molecule has 4 rings (SSSR count). The second-order valence-corrected chi connectivity index (χ2v) is 8.09. The lowest BCUT2D eigenvalue weighted by molar-refractivity contribution is 0.0684. The first-order chi connectivity index (χ1) is 16.6. The molecule has 0 unspecified atom stereocenters. The van der Waals surface area contributed by atoms with Crippen LogP contribution in [0.2, 0.25) is 0 Å². The number of para-hydroxylation sites is 1. The van der Waals surface area contributed by atoms with Gasteiger partial charge in [-0.25, -0.2) is 4.79 Å². The molecule has 0 saturated heterocycles. The number of rotatable bonds is 11. The van der Waals surface area contributed by atoms with Gasteiger partial charge in [0.25, 0.3) is 0 Å². The van der Waals surface area contributed by atoms with E-state index in [0.29, 0.717) is 25.4 Å². The Hall–Kier alpha value is -3.77. The van der Waals surface area contributed by atoms with Crippen molar-refractivity contribution in [2.75, 3.05) is 20.3 Å². The number of nitrogens with zero attached hydrogens (tertiary/aromatic N) is 1. The van der Waals surface area contributed by atoms with Gasteiger partial charge in [-0.3, -0.25) is 0 Å². The van der Waals surface area contributed by atoms with Crippen LogP contribution < -0.4 is 14.8 Å². The van der Waals surface area contributed by atoms with Gasteiger partial charge in [0.05, 0.1) is 13.7 Å². The molecule has 6 heteroatoms. The number of carbonyl (C=O) groups is 1. The van der Waals surface area contributed by atoms with Gasteiger partial charge in [0, 0.05) is 29.6 Å². The third-order valence-electron chi connectivity index (χ3n) is 5.90. The van der Waals surface area contributed by atoms with Crippen molar-refractivity contribution >= 4 is 16.9 Å². The predicted molar refractivity (Wildman–Crippen MR) is 134 cm³/mol. The van der Waals surface area contributed by atoms with Gasteiger partial charge in [0.1, 0.15) is 17.2 Å². The van der Waals surface area contributed by atoms with E-state index in [1.807, 2.05) is 72.2 Å². The Morgan fingerprint density at radius 2 is 1.62 bits per heavy atom. The summed E-state index contributed by atoms with van der Waals surface area (Å²) in [6.07, 6.45) is 0.847. The summed E-state index contributed by atoms with van der Waals surface area (Å²) in [5.74, 6) is 0.722. The number of fused-ring (bicyclic) bond motifs is 1. The highest BCUT2D eigenvalue weighted by Gasteiger charge is 2.22. The largest absolute Gasteiger partial charge is 0.497 e. The minimum absolute atomic E-state index is 0.325. The number of nitrogens with one attached hydrogen (secondary N) is 1. The summed E-state index contributed by atoms with van der Waals surface area (Å²) in [6, 6.07) is 23.7. The van der Waals surface area contributed by atoms with Crippen molar-refractivity contribution in [3.63, 3.8) is 0 Å². The summed E-state index contributed by atoms with van der Waals surface area (Å²) in [7, 11) is 1.63. The highest BCUT2D eigenvalue weighted by Crippen LogP contribution is 2.28. The van der Waals surface area contributed by atoms with Gasteiger partial charge in [-0.1, -0.05) is 42.5 Å². The molecule has 176 valence electrons. The Morgan fingerprint density at radius 3 is 2.29 bits per heavy atom. The van der Waals surface area contributed by atoms with Gasteiger partial charge in [0.2, 0.25) is 0 Å². The normalized spacial score (nSPS) is 11.0. The summed E-state index contributed by atoms with van der Waals surface area (Å²) >= 11 is 0. The maximum atomic E-state index is 12.4. The zero-order valence-electron chi connectivity index (χ0n) is 19.6. The molecule has 0 spiro atoms. The Labute approximate surface area is 199 Å². The van der Waals surface area contributed by atoms with Gasteiger partial charge >= 0.3 is 5.97 Å². The molecular weight excluding hydrogens is 428 g/mol. The van der Waals surface area contributed by atoms with E-state index in [9.17, 15) is 9.90 Å². The van der Waals surface area contributed by atoms with E-state index in [0.717, 1.165) is 46.5 Å². The van der Waals surface area contributed by atoms with Crippen LogP contribution in [-0.2, 0) is 19.5 Å². The van der Waals surface area contributed by atoms with Crippen LogP contribution in [0, 0.1) is 0 Å². The van der Waals surface area contributed by atoms with E-state index in [2.05, 4.69) is 17.4 Å². The number of benzene rings is 3. The first-order valence-electron chi connectivity index (χ1n) is 11.5. The minimum Gasteiger partial charge on any atom is -0.497 e. The zero-order valence-corrected chi connectivity index (χ0v) is 19.6. The minimum atomic E-state index is -0.923. The van der Waals surface area contributed by atoms with Gasteiger partial charge in [-0.15, -0.1) is 0 Å². The van der Waals surface area contributed by atoms with Gasteiger partial charge in [-0.2, -0.15) is 0 Å². The maximum Gasteiger partial charge on any atom is 0.352 e. The molecule has 0 aliphatic rings. The van der Waals surface area contributed by atoms with Crippen LogP contribution in [0.4, 0.5) is 0 Å². The van der Waals surface area contributed by atoms with Crippen molar-refractivity contribution in [2.24, 2.45) is 0 Å². The number of ether oxygens (including phenoxy) is 2. The third-order valence-corrected chi connectivity index (χ3v) is 5.90. The standard InChI is InChI=1S/C28H30N2O4/c1-3-34-23-14-8-20(9-15-23)16-17-29-18-25-24-6-4-5-7-26(24)30(27(25)28(31)32)19-21-10-12-22(33-2)13-11-21/h4-15,29H,3,16-19H2,1-2H3,(H,31,32). The fourth-order valence-electron chi connectivity index (χ4n) is 4.24. The maximum absolute atomic E-state index is 12.4. The Balaban J connectivity index is 1.53. The number of carboxylic acid groups (broad SMARTS) is 1. The molecule has 0 aliphatic carbocycles. The number of aromatic nitrogens is 1. The molecule has 0 bridgehead atoms. The fourth-order valence-corrected chi connectivity index (χ4v) is 4.24. The smallest absolute Gasteiger partial charge is 0.352 e.